The lowest BCUT2D eigenvalue weighted by atomic mass is 10.1. The van der Waals surface area contributed by atoms with Crippen LogP contribution in [0.3, 0.4) is 0 Å². The monoisotopic (exact) mass is 430 g/mol. The molecule has 0 spiro atoms. The van der Waals surface area contributed by atoms with Crippen molar-refractivity contribution in [3.63, 3.8) is 0 Å². The molecule has 2 rings (SSSR count). The fraction of sp³-hybridized carbons (Fsp3) is 0.316. The minimum atomic E-state index is -4.65. The third kappa shape index (κ3) is 5.63. The van der Waals surface area contributed by atoms with Crippen LogP contribution in [0.2, 0.25) is 0 Å². The molecule has 0 saturated carbocycles. The first-order chi connectivity index (χ1) is 13.4. The maximum atomic E-state index is 13.0. The molecular weight excluding hydrogens is 409 g/mol. The molecule has 1 amide bonds. The second-order valence-electron chi connectivity index (χ2n) is 6.20. The van der Waals surface area contributed by atoms with Gasteiger partial charge in [-0.3, -0.25) is 9.10 Å². The summed E-state index contributed by atoms with van der Waals surface area (Å²) in [7, 11) is -4.06. The number of carbonyl (C=O) groups excluding carboxylic acids is 1. The number of hydrogen-bond acceptors (Lipinski definition) is 4. The highest BCUT2D eigenvalue weighted by atomic mass is 32.2. The lowest BCUT2D eigenvalue weighted by Gasteiger charge is -2.29. The van der Waals surface area contributed by atoms with Crippen LogP contribution in [0.25, 0.3) is 0 Å². The maximum Gasteiger partial charge on any atom is 0.416 e. The predicted molar refractivity (Wildman–Crippen MR) is 104 cm³/mol. The van der Waals surface area contributed by atoms with Gasteiger partial charge >= 0.3 is 6.18 Å². The Bertz CT molecular complexity index is 977. The molecule has 1 N–H and O–H groups in total. The fourth-order valence-corrected chi connectivity index (χ4v) is 3.88. The normalized spacial score (nSPS) is 12.9. The van der Waals surface area contributed by atoms with Gasteiger partial charge in [0, 0.05) is 0 Å². The van der Waals surface area contributed by atoms with E-state index in [2.05, 4.69) is 5.32 Å². The van der Waals surface area contributed by atoms with Gasteiger partial charge in [-0.25, -0.2) is 8.42 Å². The number of halogens is 3. The molecule has 2 aromatic rings. The van der Waals surface area contributed by atoms with E-state index in [0.717, 1.165) is 18.4 Å². The van der Waals surface area contributed by atoms with Crippen LogP contribution < -0.4 is 14.4 Å². The minimum absolute atomic E-state index is 0.261. The third-order valence-electron chi connectivity index (χ3n) is 3.96. The Morgan fingerprint density at radius 1 is 1.17 bits per heavy atom. The lowest BCUT2D eigenvalue weighted by molar-refractivity contribution is -0.137. The molecule has 0 aliphatic heterocycles. The van der Waals surface area contributed by atoms with Gasteiger partial charge in [-0.05, 0) is 44.2 Å². The summed E-state index contributed by atoms with van der Waals surface area (Å²) in [5, 5.41) is 2.57. The number of alkyl halides is 3. The minimum Gasteiger partial charge on any atom is -0.492 e. The smallest absolute Gasteiger partial charge is 0.416 e. The highest BCUT2D eigenvalue weighted by Crippen LogP contribution is 2.33. The van der Waals surface area contributed by atoms with E-state index in [9.17, 15) is 26.4 Å². The van der Waals surface area contributed by atoms with Gasteiger partial charge in [0.1, 0.15) is 11.8 Å². The second-order valence-corrected chi connectivity index (χ2v) is 8.06. The van der Waals surface area contributed by atoms with Crippen molar-refractivity contribution in [1.29, 1.82) is 0 Å². The van der Waals surface area contributed by atoms with E-state index in [1.165, 1.54) is 13.0 Å². The second kappa shape index (κ2) is 8.73. The van der Waals surface area contributed by atoms with Crippen molar-refractivity contribution in [2.45, 2.75) is 26.1 Å². The van der Waals surface area contributed by atoms with Crippen molar-refractivity contribution in [2.24, 2.45) is 0 Å². The molecule has 158 valence electrons. The van der Waals surface area contributed by atoms with Gasteiger partial charge in [0.15, 0.2) is 0 Å². The van der Waals surface area contributed by atoms with E-state index in [0.29, 0.717) is 28.4 Å². The quantitative estimate of drug-likeness (QED) is 0.723. The first-order valence-corrected chi connectivity index (χ1v) is 10.5. The summed E-state index contributed by atoms with van der Waals surface area (Å²) in [5.41, 5.74) is -0.954. The van der Waals surface area contributed by atoms with Crippen LogP contribution in [-0.4, -0.2) is 33.2 Å². The molecule has 0 aliphatic carbocycles. The molecular formula is C19H21F3N2O4S. The van der Waals surface area contributed by atoms with Crippen LogP contribution in [0.15, 0.2) is 48.5 Å². The van der Waals surface area contributed by atoms with E-state index >= 15 is 0 Å². The van der Waals surface area contributed by atoms with Crippen molar-refractivity contribution in [3.8, 4) is 5.75 Å². The summed E-state index contributed by atoms with van der Waals surface area (Å²) in [6, 6.07) is 9.06. The van der Waals surface area contributed by atoms with Gasteiger partial charge in [0.05, 0.1) is 29.8 Å². The Kier molecular flexibility index (Phi) is 6.78. The molecule has 2 aromatic carbocycles. The number of para-hydroxylation sites is 2. The van der Waals surface area contributed by atoms with Crippen molar-refractivity contribution in [3.05, 3.63) is 54.1 Å². The number of carbonyl (C=O) groups is 1. The summed E-state index contributed by atoms with van der Waals surface area (Å²) in [6.45, 7) is 3.41. The zero-order valence-electron chi connectivity index (χ0n) is 16.0. The summed E-state index contributed by atoms with van der Waals surface area (Å²) >= 11 is 0. The van der Waals surface area contributed by atoms with Gasteiger partial charge in [0.2, 0.25) is 15.9 Å². The zero-order chi connectivity index (χ0) is 21.8. The topological polar surface area (TPSA) is 75.7 Å². The molecule has 0 aromatic heterocycles. The van der Waals surface area contributed by atoms with Crippen LogP contribution in [0.4, 0.5) is 24.5 Å². The Labute approximate surface area is 167 Å². The molecule has 0 heterocycles. The molecule has 29 heavy (non-hydrogen) atoms. The number of rotatable bonds is 7. The number of benzene rings is 2. The van der Waals surface area contributed by atoms with Crippen molar-refractivity contribution in [1.82, 2.24) is 0 Å². The van der Waals surface area contributed by atoms with Crippen molar-refractivity contribution < 1.29 is 31.1 Å². The molecule has 10 heteroatoms. The van der Waals surface area contributed by atoms with E-state index < -0.39 is 33.7 Å². The SMILES string of the molecule is CCOc1ccccc1NC(=O)C(C)N(c1cccc(C(F)(F)F)c1)S(C)(=O)=O. The summed E-state index contributed by atoms with van der Waals surface area (Å²) in [5.74, 6) is -0.333. The summed E-state index contributed by atoms with van der Waals surface area (Å²) < 4.78 is 69.8. The Morgan fingerprint density at radius 2 is 1.83 bits per heavy atom. The average molecular weight is 430 g/mol. The number of amides is 1. The maximum absolute atomic E-state index is 13.0. The van der Waals surface area contributed by atoms with Crippen LogP contribution in [0.1, 0.15) is 19.4 Å². The Morgan fingerprint density at radius 3 is 2.41 bits per heavy atom. The molecule has 0 radical (unpaired) electrons. The molecule has 1 atom stereocenters. The van der Waals surface area contributed by atoms with Crippen LogP contribution >= 0.6 is 0 Å². The van der Waals surface area contributed by atoms with Crippen molar-refractivity contribution in [2.75, 3.05) is 22.5 Å². The van der Waals surface area contributed by atoms with Crippen molar-refractivity contribution >= 4 is 27.3 Å². The van der Waals surface area contributed by atoms with Gasteiger partial charge in [-0.15, -0.1) is 0 Å². The molecule has 0 aliphatic rings. The number of nitrogens with one attached hydrogen (secondary N) is 1. The van der Waals surface area contributed by atoms with E-state index in [4.69, 9.17) is 4.74 Å². The van der Waals surface area contributed by atoms with E-state index in [-0.39, 0.29) is 5.69 Å². The summed E-state index contributed by atoms with van der Waals surface area (Å²) in [4.78, 5) is 12.7. The van der Waals surface area contributed by atoms with Crippen LogP contribution in [-0.2, 0) is 21.0 Å². The van der Waals surface area contributed by atoms with E-state index in [1.807, 2.05) is 0 Å². The number of nitrogens with zero attached hydrogens (tertiary/aromatic N) is 1. The van der Waals surface area contributed by atoms with Crippen LogP contribution in [0.5, 0.6) is 5.75 Å². The Balaban J connectivity index is 2.38. The third-order valence-corrected chi connectivity index (χ3v) is 5.20. The first kappa shape index (κ1) is 22.5. The standard InChI is InChI=1S/C19H21F3N2O4S/c1-4-28-17-11-6-5-10-16(17)23-18(25)13(2)24(29(3,26)27)15-9-7-8-14(12-15)19(20,21)22/h5-13H,4H2,1-3H3,(H,23,25). The Hall–Kier alpha value is -2.75. The summed E-state index contributed by atoms with van der Waals surface area (Å²) in [6.07, 6.45) is -3.83. The number of sulfonamides is 1. The largest absolute Gasteiger partial charge is 0.492 e. The highest BCUT2D eigenvalue weighted by Gasteiger charge is 2.34. The predicted octanol–water partition coefficient (Wildman–Crippen LogP) is 3.90. The molecule has 0 bridgehead atoms. The number of anilines is 2. The van der Waals surface area contributed by atoms with Gasteiger partial charge in [-0.1, -0.05) is 18.2 Å². The van der Waals surface area contributed by atoms with E-state index in [1.54, 1.807) is 31.2 Å². The van der Waals surface area contributed by atoms with Gasteiger partial charge < -0.3 is 10.1 Å². The molecule has 1 unspecified atom stereocenters. The molecule has 0 saturated heterocycles. The number of ether oxygens (including phenoxy) is 1. The van der Waals surface area contributed by atoms with Crippen LogP contribution in [0, 0.1) is 0 Å². The van der Waals surface area contributed by atoms with Gasteiger partial charge in [-0.2, -0.15) is 13.2 Å². The molecule has 0 fully saturated rings. The lowest BCUT2D eigenvalue weighted by Crippen LogP contribution is -2.45. The van der Waals surface area contributed by atoms with Gasteiger partial charge in [0.25, 0.3) is 0 Å². The average Bonchev–Trinajstić information content (AvgIpc) is 2.62. The fourth-order valence-electron chi connectivity index (χ4n) is 2.72. The zero-order valence-corrected chi connectivity index (χ0v) is 16.8. The highest BCUT2D eigenvalue weighted by molar-refractivity contribution is 7.92. The first-order valence-electron chi connectivity index (χ1n) is 8.64. The molecule has 6 nitrogen and oxygen atoms in total. The number of hydrogen-bond donors (Lipinski definition) is 1.